The molecule has 1 saturated heterocycles. The zero-order valence-electron chi connectivity index (χ0n) is 15.6. The molecular weight excluding hydrogens is 352 g/mol. The zero-order chi connectivity index (χ0) is 19.5. The highest BCUT2D eigenvalue weighted by molar-refractivity contribution is 6.02. The van der Waals surface area contributed by atoms with Crippen molar-refractivity contribution in [1.82, 2.24) is 9.88 Å². The van der Waals surface area contributed by atoms with Crippen molar-refractivity contribution in [2.45, 2.75) is 31.7 Å². The number of aromatic nitrogens is 1. The van der Waals surface area contributed by atoms with Crippen LogP contribution >= 0.6 is 0 Å². The molecule has 2 heterocycles. The van der Waals surface area contributed by atoms with Crippen LogP contribution < -0.4 is 5.56 Å². The number of hydrogen-bond acceptors (Lipinski definition) is 3. The van der Waals surface area contributed by atoms with Gasteiger partial charge in [0.05, 0.1) is 6.04 Å². The maximum absolute atomic E-state index is 12.8. The van der Waals surface area contributed by atoms with Crippen LogP contribution in [0.1, 0.15) is 35.2 Å². The average molecular weight is 374 g/mol. The summed E-state index contributed by atoms with van der Waals surface area (Å²) < 4.78 is 0. The highest BCUT2D eigenvalue weighted by Gasteiger charge is 2.34. The van der Waals surface area contributed by atoms with Crippen LogP contribution in [0, 0.1) is 0 Å². The summed E-state index contributed by atoms with van der Waals surface area (Å²) in [6.45, 7) is 0.593. The minimum atomic E-state index is -0.398. The van der Waals surface area contributed by atoms with Crippen LogP contribution in [0.4, 0.5) is 0 Å². The maximum Gasteiger partial charge on any atom is 0.251 e. The molecule has 1 aliphatic rings. The monoisotopic (exact) mass is 374 g/mol. The molecule has 0 aliphatic carbocycles. The molecule has 5 heteroatoms. The van der Waals surface area contributed by atoms with Gasteiger partial charge in [-0.2, -0.15) is 0 Å². The average Bonchev–Trinajstić information content (AvgIpc) is 3.22. The molecule has 142 valence electrons. The zero-order valence-corrected chi connectivity index (χ0v) is 15.6. The fraction of sp³-hybridized carbons (Fsp3) is 0.261. The van der Waals surface area contributed by atoms with Crippen molar-refractivity contribution in [2.24, 2.45) is 0 Å². The SMILES string of the molecule is O=C(c1ccccc1)C1CCCN1C(=O)CCc1cc2ccccc2[nH]c1=O. The number of para-hydroxylation sites is 1. The van der Waals surface area contributed by atoms with Gasteiger partial charge in [0.25, 0.3) is 5.56 Å². The number of carbonyl (C=O) groups is 2. The van der Waals surface area contributed by atoms with Crippen molar-refractivity contribution in [2.75, 3.05) is 6.54 Å². The van der Waals surface area contributed by atoms with E-state index in [0.29, 0.717) is 30.5 Å². The summed E-state index contributed by atoms with van der Waals surface area (Å²) >= 11 is 0. The highest BCUT2D eigenvalue weighted by Crippen LogP contribution is 2.22. The van der Waals surface area contributed by atoms with Gasteiger partial charge in [0, 0.05) is 29.6 Å². The number of nitrogens with one attached hydrogen (secondary N) is 1. The van der Waals surface area contributed by atoms with Crippen molar-refractivity contribution >= 4 is 22.6 Å². The highest BCUT2D eigenvalue weighted by atomic mass is 16.2. The smallest absolute Gasteiger partial charge is 0.251 e. The molecule has 0 radical (unpaired) electrons. The molecule has 0 saturated carbocycles. The third kappa shape index (κ3) is 3.60. The summed E-state index contributed by atoms with van der Waals surface area (Å²) in [4.78, 5) is 42.4. The number of aromatic amines is 1. The van der Waals surface area contributed by atoms with E-state index in [0.717, 1.165) is 17.3 Å². The molecule has 1 aliphatic heterocycles. The summed E-state index contributed by atoms with van der Waals surface area (Å²) in [5.41, 5.74) is 1.86. The number of hydrogen-bond donors (Lipinski definition) is 1. The van der Waals surface area contributed by atoms with Crippen LogP contribution in [0.5, 0.6) is 0 Å². The van der Waals surface area contributed by atoms with Crippen LogP contribution in [0.15, 0.2) is 65.5 Å². The first kappa shape index (κ1) is 18.2. The van der Waals surface area contributed by atoms with E-state index >= 15 is 0 Å². The Morgan fingerprint density at radius 3 is 2.61 bits per heavy atom. The number of nitrogens with zero attached hydrogens (tertiary/aromatic N) is 1. The Morgan fingerprint density at radius 1 is 1.04 bits per heavy atom. The normalized spacial score (nSPS) is 16.4. The second-order valence-electron chi connectivity index (χ2n) is 7.19. The molecule has 2 aromatic carbocycles. The number of ketones is 1. The Balaban J connectivity index is 1.47. The van der Waals surface area contributed by atoms with Crippen LogP contribution in [0.2, 0.25) is 0 Å². The van der Waals surface area contributed by atoms with E-state index in [1.165, 1.54) is 0 Å². The van der Waals surface area contributed by atoms with Gasteiger partial charge in [0.15, 0.2) is 5.78 Å². The summed E-state index contributed by atoms with van der Waals surface area (Å²) in [7, 11) is 0. The number of Topliss-reactive ketones (excluding diaryl/α,β-unsaturated/α-hetero) is 1. The molecule has 4 rings (SSSR count). The molecule has 3 aromatic rings. The lowest BCUT2D eigenvalue weighted by molar-refractivity contribution is -0.131. The fourth-order valence-electron chi connectivity index (χ4n) is 3.90. The molecule has 1 amide bonds. The van der Waals surface area contributed by atoms with Gasteiger partial charge >= 0.3 is 0 Å². The number of fused-ring (bicyclic) bond motifs is 1. The molecule has 1 N–H and O–H groups in total. The van der Waals surface area contributed by atoms with Gasteiger partial charge in [-0.3, -0.25) is 14.4 Å². The van der Waals surface area contributed by atoms with E-state index in [9.17, 15) is 14.4 Å². The van der Waals surface area contributed by atoms with Crippen molar-refractivity contribution in [3.8, 4) is 0 Å². The molecule has 1 unspecified atom stereocenters. The van der Waals surface area contributed by atoms with Crippen molar-refractivity contribution in [3.63, 3.8) is 0 Å². The lowest BCUT2D eigenvalue weighted by Gasteiger charge is -2.23. The van der Waals surface area contributed by atoms with Gasteiger partial charge in [-0.25, -0.2) is 0 Å². The molecule has 0 spiro atoms. The number of carbonyl (C=O) groups excluding carboxylic acids is 2. The number of benzene rings is 2. The van der Waals surface area contributed by atoms with Crippen LogP contribution in [0.25, 0.3) is 10.9 Å². The first-order valence-electron chi connectivity index (χ1n) is 9.63. The predicted octanol–water partition coefficient (Wildman–Crippen LogP) is 3.33. The Bertz CT molecular complexity index is 1070. The van der Waals surface area contributed by atoms with Crippen molar-refractivity contribution in [3.05, 3.63) is 82.1 Å². The second-order valence-corrected chi connectivity index (χ2v) is 7.19. The number of rotatable bonds is 5. The van der Waals surface area contributed by atoms with E-state index in [-0.39, 0.29) is 23.7 Å². The maximum atomic E-state index is 12.8. The van der Waals surface area contributed by atoms with Gasteiger partial charge in [0.2, 0.25) is 5.91 Å². The predicted molar refractivity (Wildman–Crippen MR) is 108 cm³/mol. The summed E-state index contributed by atoms with van der Waals surface area (Å²) in [6.07, 6.45) is 2.10. The largest absolute Gasteiger partial charge is 0.332 e. The molecule has 1 atom stereocenters. The number of pyridine rings is 1. The topological polar surface area (TPSA) is 70.2 Å². The molecule has 1 fully saturated rings. The Morgan fingerprint density at radius 2 is 1.79 bits per heavy atom. The number of H-pyrrole nitrogens is 1. The third-order valence-corrected chi connectivity index (χ3v) is 5.37. The minimum absolute atomic E-state index is 0.00463. The Hall–Kier alpha value is -3.21. The summed E-state index contributed by atoms with van der Waals surface area (Å²) in [6, 6.07) is 18.1. The fourth-order valence-corrected chi connectivity index (χ4v) is 3.90. The first-order valence-corrected chi connectivity index (χ1v) is 9.63. The van der Waals surface area contributed by atoms with Crippen LogP contribution in [-0.4, -0.2) is 34.2 Å². The van der Waals surface area contributed by atoms with Gasteiger partial charge < -0.3 is 9.88 Å². The number of likely N-dealkylation sites (tertiary alicyclic amines) is 1. The molecule has 1 aromatic heterocycles. The Labute approximate surface area is 163 Å². The van der Waals surface area contributed by atoms with Crippen LogP contribution in [-0.2, 0) is 11.2 Å². The molecular formula is C23H22N2O3. The van der Waals surface area contributed by atoms with E-state index in [1.54, 1.807) is 17.0 Å². The molecule has 5 nitrogen and oxygen atoms in total. The lowest BCUT2D eigenvalue weighted by atomic mass is 10.0. The van der Waals surface area contributed by atoms with E-state index in [1.807, 2.05) is 48.5 Å². The number of amides is 1. The standard InChI is InChI=1S/C23H22N2O3/c26-21(13-12-18-15-17-9-4-5-10-19(17)24-23(18)28)25-14-6-11-20(25)22(27)16-7-2-1-3-8-16/h1-5,7-10,15,20H,6,11-14H2,(H,24,28). The second kappa shape index (κ2) is 7.80. The molecule has 0 bridgehead atoms. The lowest BCUT2D eigenvalue weighted by Crippen LogP contribution is -2.40. The van der Waals surface area contributed by atoms with Gasteiger partial charge in [-0.1, -0.05) is 48.5 Å². The van der Waals surface area contributed by atoms with Crippen molar-refractivity contribution in [1.29, 1.82) is 0 Å². The van der Waals surface area contributed by atoms with Crippen molar-refractivity contribution < 1.29 is 9.59 Å². The van der Waals surface area contributed by atoms with E-state index < -0.39 is 6.04 Å². The first-order chi connectivity index (χ1) is 13.6. The van der Waals surface area contributed by atoms with E-state index in [4.69, 9.17) is 0 Å². The van der Waals surface area contributed by atoms with Gasteiger partial charge in [-0.05, 0) is 36.8 Å². The van der Waals surface area contributed by atoms with Gasteiger partial charge in [-0.15, -0.1) is 0 Å². The number of aryl methyl sites for hydroxylation is 1. The quantitative estimate of drug-likeness (QED) is 0.697. The Kier molecular flexibility index (Phi) is 5.06. The summed E-state index contributed by atoms with van der Waals surface area (Å²) in [5.74, 6) is -0.0747. The summed E-state index contributed by atoms with van der Waals surface area (Å²) in [5, 5.41) is 0.947. The molecule has 28 heavy (non-hydrogen) atoms. The van der Waals surface area contributed by atoms with E-state index in [2.05, 4.69) is 4.98 Å². The minimum Gasteiger partial charge on any atom is -0.332 e. The van der Waals surface area contributed by atoms with Gasteiger partial charge in [0.1, 0.15) is 0 Å². The third-order valence-electron chi connectivity index (χ3n) is 5.37. The van der Waals surface area contributed by atoms with Crippen LogP contribution in [0.3, 0.4) is 0 Å².